The van der Waals surface area contributed by atoms with Crippen LogP contribution in [-0.4, -0.2) is 25.7 Å². The summed E-state index contributed by atoms with van der Waals surface area (Å²) in [5.41, 5.74) is 2.26. The quantitative estimate of drug-likeness (QED) is 0.660. The van der Waals surface area contributed by atoms with Gasteiger partial charge in [-0.25, -0.2) is 0 Å². The zero-order valence-electron chi connectivity index (χ0n) is 11.0. The molecule has 3 heteroatoms. The summed E-state index contributed by atoms with van der Waals surface area (Å²) in [5.74, 6) is 5.98. The van der Waals surface area contributed by atoms with E-state index in [-0.39, 0.29) is 12.0 Å². The molecule has 2 rings (SSSR count). The minimum Gasteiger partial charge on any atom is -0.468 e. The van der Waals surface area contributed by atoms with E-state index in [1.54, 1.807) is 0 Å². The lowest BCUT2D eigenvalue weighted by molar-refractivity contribution is -0.141. The van der Waals surface area contributed by atoms with Gasteiger partial charge in [0.25, 0.3) is 0 Å². The van der Waals surface area contributed by atoms with Crippen molar-refractivity contribution < 1.29 is 9.53 Å². The van der Waals surface area contributed by atoms with Crippen molar-refractivity contribution in [3.05, 3.63) is 47.5 Å². The summed E-state index contributed by atoms with van der Waals surface area (Å²) in [4.78, 5) is 11.3. The summed E-state index contributed by atoms with van der Waals surface area (Å²) in [5, 5.41) is 3.05. The summed E-state index contributed by atoms with van der Waals surface area (Å²) >= 11 is 0. The van der Waals surface area contributed by atoms with Crippen LogP contribution in [0.15, 0.2) is 42.0 Å². The highest BCUT2D eigenvalue weighted by molar-refractivity contribution is 5.79. The van der Waals surface area contributed by atoms with Gasteiger partial charge >= 0.3 is 5.97 Å². The Kier molecular flexibility index (Phi) is 4.77. The Morgan fingerprint density at radius 3 is 2.95 bits per heavy atom. The van der Waals surface area contributed by atoms with Crippen molar-refractivity contribution in [1.82, 2.24) is 5.32 Å². The van der Waals surface area contributed by atoms with Crippen LogP contribution in [0.1, 0.15) is 12.0 Å². The third-order valence-electron chi connectivity index (χ3n) is 2.97. The van der Waals surface area contributed by atoms with Gasteiger partial charge in [-0.05, 0) is 18.1 Å². The van der Waals surface area contributed by atoms with Gasteiger partial charge in [0.2, 0.25) is 0 Å². The number of benzene rings is 1. The second kappa shape index (κ2) is 6.77. The third-order valence-corrected chi connectivity index (χ3v) is 2.97. The molecule has 0 bridgehead atoms. The molecule has 0 fully saturated rings. The van der Waals surface area contributed by atoms with E-state index in [4.69, 9.17) is 0 Å². The van der Waals surface area contributed by atoms with E-state index in [2.05, 4.69) is 34.0 Å². The molecule has 1 heterocycles. The molecule has 1 aromatic rings. The van der Waals surface area contributed by atoms with Gasteiger partial charge < -0.3 is 4.74 Å². The van der Waals surface area contributed by atoms with Gasteiger partial charge in [0.05, 0.1) is 7.11 Å². The number of ether oxygens (including phenoxy) is 1. The third kappa shape index (κ3) is 3.97. The van der Waals surface area contributed by atoms with E-state index in [0.717, 1.165) is 18.4 Å². The SMILES string of the molecule is COC(=O)C1C=C(C#CCCc2ccccc2)CN1. The predicted octanol–water partition coefficient (Wildman–Crippen LogP) is 1.69. The Balaban J connectivity index is 1.83. The van der Waals surface area contributed by atoms with Crippen molar-refractivity contribution in [2.24, 2.45) is 0 Å². The summed E-state index contributed by atoms with van der Waals surface area (Å²) in [7, 11) is 1.39. The Morgan fingerprint density at radius 1 is 1.42 bits per heavy atom. The first-order valence-corrected chi connectivity index (χ1v) is 6.34. The number of hydrogen-bond acceptors (Lipinski definition) is 3. The second-order valence-corrected chi connectivity index (χ2v) is 4.36. The molecule has 19 heavy (non-hydrogen) atoms. The van der Waals surface area contributed by atoms with Gasteiger partial charge in [0.1, 0.15) is 6.04 Å². The number of carbonyl (C=O) groups excluding carboxylic acids is 1. The molecule has 0 aliphatic carbocycles. The van der Waals surface area contributed by atoms with Gasteiger partial charge in [-0.15, -0.1) is 0 Å². The predicted molar refractivity (Wildman–Crippen MR) is 74.4 cm³/mol. The molecule has 1 N–H and O–H groups in total. The summed E-state index contributed by atoms with van der Waals surface area (Å²) < 4.78 is 4.67. The van der Waals surface area contributed by atoms with Gasteiger partial charge in [-0.1, -0.05) is 42.2 Å². The lowest BCUT2D eigenvalue weighted by Gasteiger charge is -2.03. The minimum absolute atomic E-state index is 0.263. The molecule has 0 radical (unpaired) electrons. The lowest BCUT2D eigenvalue weighted by Crippen LogP contribution is -2.31. The van der Waals surface area contributed by atoms with Crippen LogP contribution in [0.25, 0.3) is 0 Å². The smallest absolute Gasteiger partial charge is 0.326 e. The van der Waals surface area contributed by atoms with Crippen molar-refractivity contribution in [1.29, 1.82) is 0 Å². The van der Waals surface area contributed by atoms with E-state index in [1.165, 1.54) is 12.7 Å². The minimum atomic E-state index is -0.344. The molecule has 1 aliphatic heterocycles. The van der Waals surface area contributed by atoms with Crippen LogP contribution < -0.4 is 5.32 Å². The molecule has 1 atom stereocenters. The molecule has 0 saturated heterocycles. The van der Waals surface area contributed by atoms with E-state index in [0.29, 0.717) is 6.54 Å². The molecule has 0 spiro atoms. The molecule has 0 saturated carbocycles. The highest BCUT2D eigenvalue weighted by Gasteiger charge is 2.21. The van der Waals surface area contributed by atoms with Crippen LogP contribution >= 0.6 is 0 Å². The van der Waals surface area contributed by atoms with Gasteiger partial charge in [0.15, 0.2) is 0 Å². The van der Waals surface area contributed by atoms with Crippen molar-refractivity contribution in [2.75, 3.05) is 13.7 Å². The number of rotatable bonds is 3. The summed E-state index contributed by atoms with van der Waals surface area (Å²) in [6, 6.07) is 9.94. The number of methoxy groups -OCH3 is 1. The number of aryl methyl sites for hydroxylation is 1. The maximum Gasteiger partial charge on any atom is 0.326 e. The Morgan fingerprint density at radius 2 is 2.21 bits per heavy atom. The van der Waals surface area contributed by atoms with E-state index in [9.17, 15) is 4.79 Å². The van der Waals surface area contributed by atoms with E-state index >= 15 is 0 Å². The lowest BCUT2D eigenvalue weighted by atomic mass is 10.1. The van der Waals surface area contributed by atoms with Crippen LogP contribution in [-0.2, 0) is 16.0 Å². The zero-order valence-corrected chi connectivity index (χ0v) is 11.0. The Bertz CT molecular complexity index is 523. The van der Waals surface area contributed by atoms with Gasteiger partial charge in [-0.3, -0.25) is 10.1 Å². The molecular formula is C16H17NO2. The fourth-order valence-electron chi connectivity index (χ4n) is 1.93. The van der Waals surface area contributed by atoms with Crippen LogP contribution in [0.5, 0.6) is 0 Å². The number of nitrogens with one attached hydrogen (secondary N) is 1. The highest BCUT2D eigenvalue weighted by Crippen LogP contribution is 2.06. The molecule has 0 aromatic heterocycles. The standard InChI is InChI=1S/C16H17NO2/c1-19-16(18)15-11-14(12-17-15)10-6-5-9-13-7-3-2-4-8-13/h2-4,7-8,11,15,17H,5,9,12H2,1H3. The monoisotopic (exact) mass is 255 g/mol. The van der Waals surface area contributed by atoms with E-state index in [1.807, 2.05) is 24.3 Å². The maximum absolute atomic E-state index is 11.3. The largest absolute Gasteiger partial charge is 0.468 e. The first-order chi connectivity index (χ1) is 9.29. The fraction of sp³-hybridized carbons (Fsp3) is 0.312. The van der Waals surface area contributed by atoms with Crippen LogP contribution in [0, 0.1) is 11.8 Å². The highest BCUT2D eigenvalue weighted by atomic mass is 16.5. The molecular weight excluding hydrogens is 238 g/mol. The topological polar surface area (TPSA) is 38.3 Å². The molecule has 1 unspecified atom stereocenters. The Hall–Kier alpha value is -2.05. The van der Waals surface area contributed by atoms with Crippen molar-refractivity contribution in [2.45, 2.75) is 18.9 Å². The first-order valence-electron chi connectivity index (χ1n) is 6.34. The summed E-state index contributed by atoms with van der Waals surface area (Å²) in [6.07, 6.45) is 3.61. The van der Waals surface area contributed by atoms with Crippen LogP contribution in [0.2, 0.25) is 0 Å². The number of esters is 1. The Labute approximate surface area is 113 Å². The molecule has 0 amide bonds. The second-order valence-electron chi connectivity index (χ2n) is 4.36. The maximum atomic E-state index is 11.3. The summed E-state index contributed by atoms with van der Waals surface area (Å²) in [6.45, 7) is 0.637. The van der Waals surface area contributed by atoms with Crippen LogP contribution in [0.4, 0.5) is 0 Å². The average molecular weight is 255 g/mol. The molecule has 1 aliphatic rings. The van der Waals surface area contributed by atoms with Crippen molar-refractivity contribution in [3.8, 4) is 11.8 Å². The van der Waals surface area contributed by atoms with Crippen molar-refractivity contribution >= 4 is 5.97 Å². The molecule has 3 nitrogen and oxygen atoms in total. The van der Waals surface area contributed by atoms with Crippen LogP contribution in [0.3, 0.4) is 0 Å². The molecule has 98 valence electrons. The number of carbonyl (C=O) groups is 1. The molecule has 1 aromatic carbocycles. The average Bonchev–Trinajstić information content (AvgIpc) is 2.93. The van der Waals surface area contributed by atoms with E-state index < -0.39 is 0 Å². The zero-order chi connectivity index (χ0) is 13.5. The number of hydrogen-bond donors (Lipinski definition) is 1. The fourth-order valence-corrected chi connectivity index (χ4v) is 1.93. The normalized spacial score (nSPS) is 17.3. The first kappa shape index (κ1) is 13.4. The van der Waals surface area contributed by atoms with Gasteiger partial charge in [-0.2, -0.15) is 0 Å². The van der Waals surface area contributed by atoms with Gasteiger partial charge in [0, 0.05) is 18.5 Å². The van der Waals surface area contributed by atoms with Crippen molar-refractivity contribution in [3.63, 3.8) is 0 Å².